The molecular formula is C16H28O. The van der Waals surface area contributed by atoms with E-state index in [0.29, 0.717) is 0 Å². The van der Waals surface area contributed by atoms with Crippen molar-refractivity contribution in [3.8, 4) is 0 Å². The molecule has 0 heterocycles. The molecule has 0 aromatic heterocycles. The van der Waals surface area contributed by atoms with Crippen LogP contribution in [-0.2, 0) is 0 Å². The summed E-state index contributed by atoms with van der Waals surface area (Å²) in [6.45, 7) is 2.53. The van der Waals surface area contributed by atoms with Gasteiger partial charge in [-0.1, -0.05) is 56.2 Å². The highest BCUT2D eigenvalue weighted by Crippen LogP contribution is 2.01. The third-order valence-electron chi connectivity index (χ3n) is 2.55. The van der Waals surface area contributed by atoms with E-state index in [-0.39, 0.29) is 6.61 Å². The van der Waals surface area contributed by atoms with Crippen LogP contribution in [0.2, 0.25) is 0 Å². The lowest BCUT2D eigenvalue weighted by Gasteiger charge is -1.91. The number of hydrogen-bond donors (Lipinski definition) is 1. The number of hydrogen-bond acceptors (Lipinski definition) is 1. The van der Waals surface area contributed by atoms with Crippen LogP contribution in [0.4, 0.5) is 0 Å². The van der Waals surface area contributed by atoms with E-state index >= 15 is 0 Å². The first-order valence-electron chi connectivity index (χ1n) is 6.99. The predicted molar refractivity (Wildman–Crippen MR) is 77.1 cm³/mol. The molecular weight excluding hydrogens is 208 g/mol. The minimum absolute atomic E-state index is 0.289. The Balaban J connectivity index is 3.26. The van der Waals surface area contributed by atoms with Crippen LogP contribution in [0.15, 0.2) is 36.5 Å². The van der Waals surface area contributed by atoms with Gasteiger partial charge in [0.1, 0.15) is 0 Å². The minimum Gasteiger partial charge on any atom is -0.396 e. The van der Waals surface area contributed by atoms with Crippen molar-refractivity contribution in [1.82, 2.24) is 0 Å². The molecule has 0 aromatic carbocycles. The highest BCUT2D eigenvalue weighted by atomic mass is 16.2. The molecule has 0 bridgehead atoms. The zero-order valence-electron chi connectivity index (χ0n) is 11.3. The van der Waals surface area contributed by atoms with Crippen LogP contribution < -0.4 is 0 Å². The molecule has 0 rings (SSSR count). The summed E-state index contributed by atoms with van der Waals surface area (Å²) in [5, 5.41) is 8.58. The zero-order valence-corrected chi connectivity index (χ0v) is 11.3. The molecule has 0 saturated carbocycles. The number of aliphatic hydroxyl groups is 1. The molecule has 98 valence electrons. The second-order valence-electron chi connectivity index (χ2n) is 4.27. The first-order valence-corrected chi connectivity index (χ1v) is 6.99. The van der Waals surface area contributed by atoms with Gasteiger partial charge in [-0.2, -0.15) is 0 Å². The number of unbranched alkanes of at least 4 members (excludes halogenated alkanes) is 5. The predicted octanol–water partition coefficient (Wildman–Crippen LogP) is 4.79. The van der Waals surface area contributed by atoms with E-state index in [2.05, 4.69) is 43.4 Å². The second kappa shape index (κ2) is 15.2. The fourth-order valence-electron chi connectivity index (χ4n) is 1.50. The van der Waals surface area contributed by atoms with Crippen LogP contribution in [0.5, 0.6) is 0 Å². The minimum atomic E-state index is 0.289. The van der Waals surface area contributed by atoms with Crippen molar-refractivity contribution < 1.29 is 5.11 Å². The monoisotopic (exact) mass is 236 g/mol. The van der Waals surface area contributed by atoms with Gasteiger partial charge in [-0.05, 0) is 38.5 Å². The molecule has 0 aliphatic carbocycles. The molecule has 0 spiro atoms. The highest BCUT2D eigenvalue weighted by Gasteiger charge is 1.81. The molecule has 0 radical (unpaired) electrons. The Bertz CT molecular complexity index is 214. The molecule has 1 heteroatoms. The van der Waals surface area contributed by atoms with E-state index in [1.165, 1.54) is 25.7 Å². The van der Waals surface area contributed by atoms with Gasteiger partial charge in [-0.3, -0.25) is 0 Å². The standard InChI is InChI=1S/C16H28O/c1-2-3-4-5-6-7-8-9-10-11-12-13-14-15-16-17/h6-7,10-13,17H,2-5,8-9,14-16H2,1H3/b7-6-,11-10-,13-12+. The second-order valence-corrected chi connectivity index (χ2v) is 4.27. The van der Waals surface area contributed by atoms with Crippen LogP contribution >= 0.6 is 0 Å². The van der Waals surface area contributed by atoms with E-state index in [0.717, 1.165) is 25.7 Å². The number of rotatable bonds is 11. The molecule has 0 amide bonds. The maximum absolute atomic E-state index is 8.58. The van der Waals surface area contributed by atoms with Gasteiger partial charge in [0.25, 0.3) is 0 Å². The van der Waals surface area contributed by atoms with E-state index in [1.807, 2.05) is 0 Å². The van der Waals surface area contributed by atoms with Crippen molar-refractivity contribution in [3.63, 3.8) is 0 Å². The zero-order chi connectivity index (χ0) is 12.6. The van der Waals surface area contributed by atoms with Crippen molar-refractivity contribution in [2.45, 2.75) is 58.3 Å². The van der Waals surface area contributed by atoms with Crippen molar-refractivity contribution in [2.24, 2.45) is 0 Å². The third kappa shape index (κ3) is 15.2. The third-order valence-corrected chi connectivity index (χ3v) is 2.55. The molecule has 0 fully saturated rings. The van der Waals surface area contributed by atoms with E-state index in [9.17, 15) is 0 Å². The van der Waals surface area contributed by atoms with E-state index in [4.69, 9.17) is 5.11 Å². The van der Waals surface area contributed by atoms with Gasteiger partial charge in [0.05, 0.1) is 0 Å². The normalized spacial score (nSPS) is 12.4. The van der Waals surface area contributed by atoms with Crippen molar-refractivity contribution in [2.75, 3.05) is 6.61 Å². The lowest BCUT2D eigenvalue weighted by atomic mass is 10.2. The smallest absolute Gasteiger partial charge is 0.0433 e. The molecule has 1 nitrogen and oxygen atoms in total. The number of allylic oxidation sites excluding steroid dienone is 6. The Kier molecular flexibility index (Phi) is 14.4. The molecule has 1 N–H and O–H groups in total. The maximum atomic E-state index is 8.58. The van der Waals surface area contributed by atoms with Crippen molar-refractivity contribution in [1.29, 1.82) is 0 Å². The molecule has 0 saturated heterocycles. The van der Waals surface area contributed by atoms with Gasteiger partial charge >= 0.3 is 0 Å². The summed E-state index contributed by atoms with van der Waals surface area (Å²) in [5.41, 5.74) is 0. The Hall–Kier alpha value is -0.820. The van der Waals surface area contributed by atoms with Crippen molar-refractivity contribution >= 4 is 0 Å². The quantitative estimate of drug-likeness (QED) is 0.311. The first kappa shape index (κ1) is 16.2. The highest BCUT2D eigenvalue weighted by molar-refractivity contribution is 5.02. The molecule has 0 atom stereocenters. The summed E-state index contributed by atoms with van der Waals surface area (Å²) in [6.07, 6.45) is 22.4. The van der Waals surface area contributed by atoms with Gasteiger partial charge in [0.15, 0.2) is 0 Å². The van der Waals surface area contributed by atoms with Crippen LogP contribution in [0, 0.1) is 0 Å². The summed E-state index contributed by atoms with van der Waals surface area (Å²) < 4.78 is 0. The summed E-state index contributed by atoms with van der Waals surface area (Å²) in [4.78, 5) is 0. The Morgan fingerprint density at radius 3 is 2.00 bits per heavy atom. The maximum Gasteiger partial charge on any atom is 0.0433 e. The summed E-state index contributed by atoms with van der Waals surface area (Å²) in [6, 6.07) is 0. The largest absolute Gasteiger partial charge is 0.396 e. The van der Waals surface area contributed by atoms with Crippen LogP contribution in [-0.4, -0.2) is 11.7 Å². The lowest BCUT2D eigenvalue weighted by molar-refractivity contribution is 0.289. The van der Waals surface area contributed by atoms with Gasteiger partial charge in [0, 0.05) is 6.61 Å². The Morgan fingerprint density at radius 2 is 1.29 bits per heavy atom. The summed E-state index contributed by atoms with van der Waals surface area (Å²) in [5.74, 6) is 0. The molecule has 0 aliphatic heterocycles. The van der Waals surface area contributed by atoms with Crippen molar-refractivity contribution in [3.05, 3.63) is 36.5 Å². The Labute approximate surface area is 107 Å². The molecule has 0 aliphatic rings. The molecule has 0 aromatic rings. The fraction of sp³-hybridized carbons (Fsp3) is 0.625. The van der Waals surface area contributed by atoms with Crippen LogP contribution in [0.25, 0.3) is 0 Å². The molecule has 17 heavy (non-hydrogen) atoms. The first-order chi connectivity index (χ1) is 8.41. The SMILES string of the molecule is CCCCC/C=C\CC/C=C\C=C\CCCO. The lowest BCUT2D eigenvalue weighted by Crippen LogP contribution is -1.77. The average Bonchev–Trinajstić information content (AvgIpc) is 2.35. The number of aliphatic hydroxyl groups excluding tert-OH is 1. The topological polar surface area (TPSA) is 20.2 Å². The Morgan fingerprint density at radius 1 is 0.706 bits per heavy atom. The van der Waals surface area contributed by atoms with Crippen LogP contribution in [0.1, 0.15) is 58.3 Å². The van der Waals surface area contributed by atoms with E-state index in [1.54, 1.807) is 0 Å². The van der Waals surface area contributed by atoms with Gasteiger partial charge < -0.3 is 5.11 Å². The van der Waals surface area contributed by atoms with Gasteiger partial charge in [-0.15, -0.1) is 0 Å². The fourth-order valence-corrected chi connectivity index (χ4v) is 1.50. The van der Waals surface area contributed by atoms with Gasteiger partial charge in [0.2, 0.25) is 0 Å². The molecule has 0 unspecified atom stereocenters. The average molecular weight is 236 g/mol. The van der Waals surface area contributed by atoms with Gasteiger partial charge in [-0.25, -0.2) is 0 Å². The summed E-state index contributed by atoms with van der Waals surface area (Å²) in [7, 11) is 0. The van der Waals surface area contributed by atoms with E-state index < -0.39 is 0 Å². The summed E-state index contributed by atoms with van der Waals surface area (Å²) >= 11 is 0. The van der Waals surface area contributed by atoms with Crippen LogP contribution in [0.3, 0.4) is 0 Å².